The molecule has 1 aliphatic carbocycles. The fourth-order valence-corrected chi connectivity index (χ4v) is 4.63. The van der Waals surface area contributed by atoms with Crippen LogP contribution in [0.4, 0.5) is 0 Å². The third-order valence-corrected chi connectivity index (χ3v) is 6.08. The minimum absolute atomic E-state index is 0.191. The van der Waals surface area contributed by atoms with Gasteiger partial charge in [-0.25, -0.2) is 0 Å². The number of carboxylic acid groups (broad SMARTS) is 1. The van der Waals surface area contributed by atoms with E-state index in [0.29, 0.717) is 18.9 Å². The van der Waals surface area contributed by atoms with Crippen molar-refractivity contribution in [2.45, 2.75) is 56.8 Å². The predicted octanol–water partition coefficient (Wildman–Crippen LogP) is 3.61. The molecule has 1 unspecified atom stereocenters. The molecule has 1 amide bonds. The number of ether oxygens (including phenoxy) is 1. The number of carbonyl (C=O) groups is 2. The van der Waals surface area contributed by atoms with Crippen LogP contribution < -0.4 is 4.74 Å². The van der Waals surface area contributed by atoms with E-state index in [9.17, 15) is 9.59 Å². The molecule has 26 heavy (non-hydrogen) atoms. The second-order valence-electron chi connectivity index (χ2n) is 7.71. The standard InChI is InChI=1S/C21H29NO4/c1-26-18-9-7-17(8-10-18)21(12-2-3-13-21)20(25)22-14-4-5-16(15-22)6-11-19(23)24/h7-10,16H,2-6,11-15H2,1H3,(H,23,24). The highest BCUT2D eigenvalue weighted by atomic mass is 16.5. The quantitative estimate of drug-likeness (QED) is 0.842. The molecule has 1 saturated heterocycles. The summed E-state index contributed by atoms with van der Waals surface area (Å²) in [4.78, 5) is 26.4. The number of nitrogens with zero attached hydrogens (tertiary/aromatic N) is 1. The zero-order valence-electron chi connectivity index (χ0n) is 15.6. The molecule has 1 aromatic carbocycles. The Morgan fingerprint density at radius 1 is 1.19 bits per heavy atom. The number of methoxy groups -OCH3 is 1. The summed E-state index contributed by atoms with van der Waals surface area (Å²) in [6, 6.07) is 7.95. The van der Waals surface area contributed by atoms with Crippen LogP contribution in [0, 0.1) is 5.92 Å². The molecular weight excluding hydrogens is 330 g/mol. The fourth-order valence-electron chi connectivity index (χ4n) is 4.63. The van der Waals surface area contributed by atoms with E-state index in [4.69, 9.17) is 9.84 Å². The molecular formula is C21H29NO4. The summed E-state index contributed by atoms with van der Waals surface area (Å²) in [6.07, 6.45) is 6.79. The smallest absolute Gasteiger partial charge is 0.303 e. The molecule has 1 N–H and O–H groups in total. The number of aliphatic carboxylic acids is 1. The van der Waals surface area contributed by atoms with Gasteiger partial charge in [-0.15, -0.1) is 0 Å². The Morgan fingerprint density at radius 3 is 2.50 bits per heavy atom. The first-order valence-corrected chi connectivity index (χ1v) is 9.71. The molecule has 0 spiro atoms. The van der Waals surface area contributed by atoms with Crippen LogP contribution in [0.3, 0.4) is 0 Å². The molecule has 1 saturated carbocycles. The number of benzene rings is 1. The molecule has 0 aromatic heterocycles. The van der Waals surface area contributed by atoms with E-state index in [1.54, 1.807) is 7.11 Å². The average Bonchev–Trinajstić information content (AvgIpc) is 3.17. The molecule has 0 radical (unpaired) electrons. The van der Waals surface area contributed by atoms with Gasteiger partial charge in [0.2, 0.25) is 5.91 Å². The Labute approximate surface area is 155 Å². The zero-order chi connectivity index (χ0) is 18.6. The van der Waals surface area contributed by atoms with E-state index >= 15 is 0 Å². The summed E-state index contributed by atoms with van der Waals surface area (Å²) in [6.45, 7) is 1.49. The number of hydrogen-bond acceptors (Lipinski definition) is 3. The van der Waals surface area contributed by atoms with Gasteiger partial charge in [0.05, 0.1) is 12.5 Å². The minimum atomic E-state index is -0.751. The van der Waals surface area contributed by atoms with Crippen molar-refractivity contribution in [3.8, 4) is 5.75 Å². The molecule has 1 atom stereocenters. The number of carboxylic acids is 1. The van der Waals surface area contributed by atoms with Gasteiger partial charge >= 0.3 is 5.97 Å². The highest BCUT2D eigenvalue weighted by Crippen LogP contribution is 2.43. The van der Waals surface area contributed by atoms with E-state index in [1.165, 1.54) is 0 Å². The van der Waals surface area contributed by atoms with Gasteiger partial charge < -0.3 is 14.7 Å². The van der Waals surface area contributed by atoms with Crippen molar-refractivity contribution in [1.29, 1.82) is 0 Å². The van der Waals surface area contributed by atoms with E-state index < -0.39 is 11.4 Å². The van der Waals surface area contributed by atoms with Gasteiger partial charge in [0.25, 0.3) is 0 Å². The minimum Gasteiger partial charge on any atom is -0.497 e. The van der Waals surface area contributed by atoms with Crippen LogP contribution in [0.2, 0.25) is 0 Å². The van der Waals surface area contributed by atoms with Gasteiger partial charge in [0, 0.05) is 19.5 Å². The maximum absolute atomic E-state index is 13.5. The Bertz CT molecular complexity index is 634. The monoisotopic (exact) mass is 359 g/mol. The summed E-state index contributed by atoms with van der Waals surface area (Å²) < 4.78 is 5.26. The summed E-state index contributed by atoms with van der Waals surface area (Å²) >= 11 is 0. The number of hydrogen-bond donors (Lipinski definition) is 1. The van der Waals surface area contributed by atoms with Crippen molar-refractivity contribution < 1.29 is 19.4 Å². The van der Waals surface area contributed by atoms with Crippen LogP contribution in [-0.4, -0.2) is 42.1 Å². The summed E-state index contributed by atoms with van der Waals surface area (Å²) in [5.74, 6) is 0.596. The third kappa shape index (κ3) is 3.87. The van der Waals surface area contributed by atoms with Crippen molar-refractivity contribution in [2.24, 2.45) is 5.92 Å². The third-order valence-electron chi connectivity index (χ3n) is 6.08. The lowest BCUT2D eigenvalue weighted by atomic mass is 9.76. The van der Waals surface area contributed by atoms with Crippen molar-refractivity contribution in [3.05, 3.63) is 29.8 Å². The molecule has 0 bridgehead atoms. The highest BCUT2D eigenvalue weighted by molar-refractivity contribution is 5.88. The van der Waals surface area contributed by atoms with Gasteiger partial charge in [-0.3, -0.25) is 9.59 Å². The molecule has 1 heterocycles. The van der Waals surface area contributed by atoms with Gasteiger partial charge in [-0.05, 0) is 55.7 Å². The lowest BCUT2D eigenvalue weighted by Gasteiger charge is -2.39. The highest BCUT2D eigenvalue weighted by Gasteiger charge is 2.45. The van der Waals surface area contributed by atoms with Crippen LogP contribution in [-0.2, 0) is 15.0 Å². The molecule has 1 aliphatic heterocycles. The first-order valence-electron chi connectivity index (χ1n) is 9.71. The Balaban J connectivity index is 1.76. The second kappa shape index (κ2) is 8.11. The summed E-state index contributed by atoms with van der Waals surface area (Å²) in [5.41, 5.74) is 0.675. The van der Waals surface area contributed by atoms with Crippen LogP contribution in [0.5, 0.6) is 5.75 Å². The molecule has 2 aliphatic rings. The number of carbonyl (C=O) groups excluding carboxylic acids is 1. The summed E-state index contributed by atoms with van der Waals surface area (Å²) in [7, 11) is 1.65. The van der Waals surface area contributed by atoms with Gasteiger partial charge in [0.15, 0.2) is 0 Å². The van der Waals surface area contributed by atoms with Crippen molar-refractivity contribution in [3.63, 3.8) is 0 Å². The average molecular weight is 359 g/mol. The lowest BCUT2D eigenvalue weighted by molar-refractivity contribution is -0.139. The van der Waals surface area contributed by atoms with Gasteiger partial charge in [-0.1, -0.05) is 25.0 Å². The molecule has 2 fully saturated rings. The maximum atomic E-state index is 13.5. The van der Waals surface area contributed by atoms with E-state index in [2.05, 4.69) is 0 Å². The molecule has 3 rings (SSSR count). The second-order valence-corrected chi connectivity index (χ2v) is 7.71. The number of rotatable bonds is 6. The first kappa shape index (κ1) is 18.7. The van der Waals surface area contributed by atoms with Crippen LogP contribution in [0.25, 0.3) is 0 Å². The molecule has 5 nitrogen and oxygen atoms in total. The lowest BCUT2D eigenvalue weighted by Crippen LogP contribution is -2.49. The summed E-state index contributed by atoms with van der Waals surface area (Å²) in [5, 5.41) is 8.93. The molecule has 1 aromatic rings. The van der Waals surface area contributed by atoms with E-state index in [0.717, 1.165) is 56.4 Å². The zero-order valence-corrected chi connectivity index (χ0v) is 15.6. The van der Waals surface area contributed by atoms with Crippen LogP contribution >= 0.6 is 0 Å². The normalized spacial score (nSPS) is 22.2. The van der Waals surface area contributed by atoms with Gasteiger partial charge in [0.1, 0.15) is 5.75 Å². The first-order chi connectivity index (χ1) is 12.5. The molecule has 5 heteroatoms. The van der Waals surface area contributed by atoms with E-state index in [1.807, 2.05) is 29.2 Å². The van der Waals surface area contributed by atoms with E-state index in [-0.39, 0.29) is 12.3 Å². The topological polar surface area (TPSA) is 66.8 Å². The predicted molar refractivity (Wildman–Crippen MR) is 99.3 cm³/mol. The molecule has 142 valence electrons. The van der Waals surface area contributed by atoms with Crippen LogP contribution in [0.15, 0.2) is 24.3 Å². The number of piperidine rings is 1. The van der Waals surface area contributed by atoms with Crippen molar-refractivity contribution in [2.75, 3.05) is 20.2 Å². The maximum Gasteiger partial charge on any atom is 0.303 e. The largest absolute Gasteiger partial charge is 0.497 e. The van der Waals surface area contributed by atoms with Crippen LogP contribution in [0.1, 0.15) is 56.9 Å². The Hall–Kier alpha value is -2.04. The Kier molecular flexibility index (Phi) is 5.84. The van der Waals surface area contributed by atoms with Crippen molar-refractivity contribution >= 4 is 11.9 Å². The SMILES string of the molecule is COc1ccc(C2(C(=O)N3CCCC(CCC(=O)O)C3)CCCC2)cc1. The number of amides is 1. The number of likely N-dealkylation sites (tertiary alicyclic amines) is 1. The Morgan fingerprint density at radius 2 is 1.88 bits per heavy atom. The fraction of sp³-hybridized carbons (Fsp3) is 0.619. The van der Waals surface area contributed by atoms with Crippen molar-refractivity contribution in [1.82, 2.24) is 4.90 Å². The van der Waals surface area contributed by atoms with Gasteiger partial charge in [-0.2, -0.15) is 0 Å².